The van der Waals surface area contributed by atoms with Gasteiger partial charge in [0.25, 0.3) is 10.2 Å². The average molecular weight is 311 g/mol. The van der Waals surface area contributed by atoms with Gasteiger partial charge in [-0.3, -0.25) is 0 Å². The van der Waals surface area contributed by atoms with E-state index in [0.717, 1.165) is 9.87 Å². The third-order valence-corrected chi connectivity index (χ3v) is 4.52. The van der Waals surface area contributed by atoms with Crippen LogP contribution in [-0.2, 0) is 16.6 Å². The molecule has 0 atom stereocenters. The van der Waals surface area contributed by atoms with Crippen LogP contribution in [0.2, 0.25) is 10.0 Å². The van der Waals surface area contributed by atoms with E-state index in [9.17, 15) is 8.42 Å². The quantitative estimate of drug-likeness (QED) is 0.820. The smallest absolute Gasteiger partial charge is 0.202 e. The van der Waals surface area contributed by atoms with Crippen molar-refractivity contribution in [2.75, 3.05) is 20.6 Å². The maximum atomic E-state index is 11.4. The molecule has 0 saturated carbocycles. The third kappa shape index (κ3) is 4.74. The highest BCUT2D eigenvalue weighted by atomic mass is 35.5. The second kappa shape index (κ2) is 6.73. The summed E-state index contributed by atoms with van der Waals surface area (Å²) in [4.78, 5) is 0. The van der Waals surface area contributed by atoms with Crippen LogP contribution in [0.3, 0.4) is 0 Å². The summed E-state index contributed by atoms with van der Waals surface area (Å²) in [6, 6.07) is 5.31. The number of nitrogens with one attached hydrogen (secondary N) is 1. The van der Waals surface area contributed by atoms with E-state index in [1.165, 1.54) is 14.1 Å². The summed E-state index contributed by atoms with van der Waals surface area (Å²) in [7, 11) is -0.371. The molecule has 0 fully saturated rings. The Bertz CT molecular complexity index is 504. The van der Waals surface area contributed by atoms with E-state index in [2.05, 4.69) is 4.72 Å². The molecule has 0 bridgehead atoms. The van der Waals surface area contributed by atoms with Gasteiger partial charge in [-0.2, -0.15) is 12.7 Å². The van der Waals surface area contributed by atoms with Crippen LogP contribution in [-0.4, -0.2) is 33.4 Å². The Morgan fingerprint density at radius 2 is 1.94 bits per heavy atom. The molecule has 0 aliphatic carbocycles. The highest BCUT2D eigenvalue weighted by Crippen LogP contribution is 2.21. The topological polar surface area (TPSA) is 49.4 Å². The lowest BCUT2D eigenvalue weighted by Crippen LogP contribution is -2.36. The van der Waals surface area contributed by atoms with Gasteiger partial charge >= 0.3 is 0 Å². The summed E-state index contributed by atoms with van der Waals surface area (Å²) in [5.74, 6) is 0. The monoisotopic (exact) mass is 310 g/mol. The van der Waals surface area contributed by atoms with Gasteiger partial charge in [0, 0.05) is 30.7 Å². The molecule has 102 valence electrons. The van der Waals surface area contributed by atoms with Crippen molar-refractivity contribution in [2.24, 2.45) is 0 Å². The number of halogens is 2. The number of hydrogen-bond donors (Lipinski definition) is 1. The van der Waals surface area contributed by atoms with Crippen LogP contribution in [0, 0.1) is 0 Å². The van der Waals surface area contributed by atoms with E-state index in [4.69, 9.17) is 23.2 Å². The zero-order chi connectivity index (χ0) is 13.8. The number of rotatable bonds is 6. The Hall–Kier alpha value is -0.330. The van der Waals surface area contributed by atoms with Crippen molar-refractivity contribution in [2.45, 2.75) is 12.8 Å². The van der Waals surface area contributed by atoms with E-state index in [0.29, 0.717) is 29.4 Å². The fourth-order valence-electron chi connectivity index (χ4n) is 1.33. The standard InChI is InChI=1S/C11H16Cl2N2O2S/c1-15(2)18(16,17)14-7-3-4-9-5-6-10(12)8-11(9)13/h5-6,8,14H,3-4,7H2,1-2H3. The molecule has 4 nitrogen and oxygen atoms in total. The van der Waals surface area contributed by atoms with Gasteiger partial charge in [-0.05, 0) is 30.5 Å². The van der Waals surface area contributed by atoms with Crippen LogP contribution in [0.1, 0.15) is 12.0 Å². The van der Waals surface area contributed by atoms with Gasteiger partial charge in [-0.15, -0.1) is 0 Å². The summed E-state index contributed by atoms with van der Waals surface area (Å²) in [5, 5.41) is 1.20. The first kappa shape index (κ1) is 15.7. The lowest BCUT2D eigenvalue weighted by Gasteiger charge is -2.12. The molecule has 1 N–H and O–H groups in total. The first-order valence-electron chi connectivity index (χ1n) is 5.44. The molecule has 0 amide bonds. The Balaban J connectivity index is 2.43. The van der Waals surface area contributed by atoms with Crippen molar-refractivity contribution in [3.63, 3.8) is 0 Å². The van der Waals surface area contributed by atoms with Crippen molar-refractivity contribution in [1.82, 2.24) is 9.03 Å². The van der Waals surface area contributed by atoms with Gasteiger partial charge in [-0.1, -0.05) is 29.3 Å². The largest absolute Gasteiger partial charge is 0.278 e. The first-order valence-corrected chi connectivity index (χ1v) is 7.63. The maximum absolute atomic E-state index is 11.4. The van der Waals surface area contributed by atoms with Crippen molar-refractivity contribution in [3.8, 4) is 0 Å². The molecule has 0 saturated heterocycles. The fraction of sp³-hybridized carbons (Fsp3) is 0.455. The zero-order valence-electron chi connectivity index (χ0n) is 10.3. The van der Waals surface area contributed by atoms with Gasteiger partial charge in [0.1, 0.15) is 0 Å². The number of nitrogens with zero attached hydrogens (tertiary/aromatic N) is 1. The SMILES string of the molecule is CN(C)S(=O)(=O)NCCCc1ccc(Cl)cc1Cl. The van der Waals surface area contributed by atoms with Crippen LogP contribution in [0.15, 0.2) is 18.2 Å². The van der Waals surface area contributed by atoms with Crippen molar-refractivity contribution < 1.29 is 8.42 Å². The molecular formula is C11H16Cl2N2O2S. The van der Waals surface area contributed by atoms with E-state index < -0.39 is 10.2 Å². The summed E-state index contributed by atoms with van der Waals surface area (Å²) >= 11 is 11.8. The Labute approximate surface area is 118 Å². The second-order valence-electron chi connectivity index (χ2n) is 4.02. The maximum Gasteiger partial charge on any atom is 0.278 e. The number of hydrogen-bond acceptors (Lipinski definition) is 2. The molecule has 0 radical (unpaired) electrons. The molecule has 0 spiro atoms. The van der Waals surface area contributed by atoms with Gasteiger partial charge in [0.05, 0.1) is 0 Å². The van der Waals surface area contributed by atoms with Crippen LogP contribution >= 0.6 is 23.2 Å². The van der Waals surface area contributed by atoms with Crippen LogP contribution in [0.4, 0.5) is 0 Å². The first-order chi connectivity index (χ1) is 8.33. The van der Waals surface area contributed by atoms with Crippen LogP contribution in [0.5, 0.6) is 0 Å². The molecule has 7 heteroatoms. The van der Waals surface area contributed by atoms with Crippen molar-refractivity contribution in [3.05, 3.63) is 33.8 Å². The van der Waals surface area contributed by atoms with Crippen LogP contribution in [0.25, 0.3) is 0 Å². The van der Waals surface area contributed by atoms with E-state index >= 15 is 0 Å². The molecule has 0 unspecified atom stereocenters. The molecule has 0 aliphatic heterocycles. The lowest BCUT2D eigenvalue weighted by atomic mass is 10.1. The minimum atomic E-state index is -3.34. The zero-order valence-corrected chi connectivity index (χ0v) is 12.6. The van der Waals surface area contributed by atoms with Gasteiger partial charge in [0.15, 0.2) is 0 Å². The van der Waals surface area contributed by atoms with Gasteiger partial charge < -0.3 is 0 Å². The molecule has 0 aliphatic rings. The summed E-state index contributed by atoms with van der Waals surface area (Å²) in [6.07, 6.45) is 1.38. The highest BCUT2D eigenvalue weighted by molar-refractivity contribution is 7.87. The normalized spacial score (nSPS) is 12.1. The van der Waals surface area contributed by atoms with Crippen molar-refractivity contribution >= 4 is 33.4 Å². The molecule has 0 heterocycles. The Morgan fingerprint density at radius 3 is 2.50 bits per heavy atom. The summed E-state index contributed by atoms with van der Waals surface area (Å²) in [5.41, 5.74) is 0.963. The highest BCUT2D eigenvalue weighted by Gasteiger charge is 2.11. The molecule has 0 aromatic heterocycles. The summed E-state index contributed by atoms with van der Waals surface area (Å²) in [6.45, 7) is 0.374. The lowest BCUT2D eigenvalue weighted by molar-refractivity contribution is 0.504. The average Bonchev–Trinajstić information content (AvgIpc) is 2.26. The molecular weight excluding hydrogens is 295 g/mol. The molecule has 1 rings (SSSR count). The number of aryl methyl sites for hydroxylation is 1. The Kier molecular flexibility index (Phi) is 5.88. The molecule has 1 aromatic rings. The van der Waals surface area contributed by atoms with E-state index in [-0.39, 0.29) is 0 Å². The van der Waals surface area contributed by atoms with Crippen LogP contribution < -0.4 is 4.72 Å². The fourth-order valence-corrected chi connectivity index (χ4v) is 2.50. The van der Waals surface area contributed by atoms with Gasteiger partial charge in [0.2, 0.25) is 0 Å². The predicted molar refractivity (Wildman–Crippen MR) is 75.4 cm³/mol. The number of benzene rings is 1. The predicted octanol–water partition coefficient (Wildman–Crippen LogP) is 2.32. The van der Waals surface area contributed by atoms with Crippen molar-refractivity contribution in [1.29, 1.82) is 0 Å². The summed E-state index contributed by atoms with van der Waals surface area (Å²) < 4.78 is 26.5. The van der Waals surface area contributed by atoms with Gasteiger partial charge in [-0.25, -0.2) is 4.72 Å². The minimum Gasteiger partial charge on any atom is -0.202 e. The molecule has 1 aromatic carbocycles. The third-order valence-electron chi connectivity index (χ3n) is 2.40. The second-order valence-corrected chi connectivity index (χ2v) is 6.83. The van der Waals surface area contributed by atoms with E-state index in [1.807, 2.05) is 6.07 Å². The molecule has 18 heavy (non-hydrogen) atoms. The van der Waals surface area contributed by atoms with E-state index in [1.54, 1.807) is 12.1 Å². The Morgan fingerprint density at radius 1 is 1.28 bits per heavy atom. The minimum absolute atomic E-state index is 0.374.